The predicted molar refractivity (Wildman–Crippen MR) is 63.8 cm³/mol. The second kappa shape index (κ2) is 5.61. The van der Waals surface area contributed by atoms with Gasteiger partial charge in [-0.25, -0.2) is 0 Å². The number of nitrogens with two attached hydrogens (primary N) is 1. The molecular weight excluding hydrogens is 202 g/mol. The summed E-state index contributed by atoms with van der Waals surface area (Å²) in [7, 11) is 0. The van der Waals surface area contributed by atoms with Gasteiger partial charge in [-0.2, -0.15) is 0 Å². The minimum absolute atomic E-state index is 0.0149. The van der Waals surface area contributed by atoms with Crippen LogP contribution in [0.15, 0.2) is 24.4 Å². The van der Waals surface area contributed by atoms with E-state index in [0.29, 0.717) is 19.4 Å². The number of nitrogens with one attached hydrogen (secondary N) is 1. The topological polar surface area (TPSA) is 68.0 Å². The van der Waals surface area contributed by atoms with Crippen molar-refractivity contribution in [2.45, 2.75) is 32.2 Å². The summed E-state index contributed by atoms with van der Waals surface area (Å²) in [6.45, 7) is 4.25. The van der Waals surface area contributed by atoms with E-state index >= 15 is 0 Å². The minimum Gasteiger partial charge on any atom is -0.350 e. The van der Waals surface area contributed by atoms with Crippen molar-refractivity contribution in [1.82, 2.24) is 10.3 Å². The van der Waals surface area contributed by atoms with Gasteiger partial charge < -0.3 is 11.1 Å². The van der Waals surface area contributed by atoms with Crippen LogP contribution >= 0.6 is 0 Å². The summed E-state index contributed by atoms with van der Waals surface area (Å²) in [5.74, 6) is 0.0149. The molecule has 4 nitrogen and oxygen atoms in total. The minimum atomic E-state index is -0.332. The van der Waals surface area contributed by atoms with Crippen LogP contribution in [0.2, 0.25) is 0 Å². The van der Waals surface area contributed by atoms with Gasteiger partial charge in [0.2, 0.25) is 5.91 Å². The Morgan fingerprint density at radius 2 is 2.25 bits per heavy atom. The maximum Gasteiger partial charge on any atom is 0.220 e. The van der Waals surface area contributed by atoms with Gasteiger partial charge in [0.15, 0.2) is 0 Å². The number of rotatable bonds is 5. The zero-order valence-corrected chi connectivity index (χ0v) is 9.86. The predicted octanol–water partition coefficient (Wildman–Crippen LogP) is 0.868. The van der Waals surface area contributed by atoms with E-state index in [-0.39, 0.29) is 11.4 Å². The van der Waals surface area contributed by atoms with Crippen LogP contribution in [0, 0.1) is 0 Å². The van der Waals surface area contributed by atoms with Crippen molar-refractivity contribution in [2.75, 3.05) is 6.54 Å². The molecule has 0 aliphatic carbocycles. The lowest BCUT2D eigenvalue weighted by atomic mass is 10.1. The average molecular weight is 221 g/mol. The van der Waals surface area contributed by atoms with E-state index < -0.39 is 0 Å². The number of carbonyl (C=O) groups excluding carboxylic acids is 1. The number of nitrogens with zero attached hydrogens (tertiary/aromatic N) is 1. The molecule has 0 atom stereocenters. The number of aromatic nitrogens is 1. The second-order valence-electron chi connectivity index (χ2n) is 4.46. The van der Waals surface area contributed by atoms with E-state index in [2.05, 4.69) is 10.3 Å². The van der Waals surface area contributed by atoms with Crippen LogP contribution in [0.1, 0.15) is 26.0 Å². The summed E-state index contributed by atoms with van der Waals surface area (Å²) in [5, 5.41) is 2.88. The third-order valence-electron chi connectivity index (χ3n) is 2.32. The molecule has 0 aromatic carbocycles. The van der Waals surface area contributed by atoms with E-state index in [1.54, 1.807) is 6.20 Å². The largest absolute Gasteiger partial charge is 0.350 e. The first-order chi connectivity index (χ1) is 7.53. The highest BCUT2D eigenvalue weighted by atomic mass is 16.1. The van der Waals surface area contributed by atoms with E-state index in [0.717, 1.165) is 5.69 Å². The fourth-order valence-corrected chi connectivity index (χ4v) is 1.28. The second-order valence-corrected chi connectivity index (χ2v) is 4.46. The summed E-state index contributed by atoms with van der Waals surface area (Å²) < 4.78 is 0. The molecule has 16 heavy (non-hydrogen) atoms. The molecule has 0 saturated heterocycles. The highest BCUT2D eigenvalue weighted by Crippen LogP contribution is 2.02. The molecule has 3 N–H and O–H groups in total. The quantitative estimate of drug-likeness (QED) is 0.775. The Morgan fingerprint density at radius 1 is 1.50 bits per heavy atom. The third kappa shape index (κ3) is 4.40. The van der Waals surface area contributed by atoms with Crippen LogP contribution in [-0.4, -0.2) is 23.0 Å². The Labute approximate surface area is 96.3 Å². The summed E-state index contributed by atoms with van der Waals surface area (Å²) in [6, 6.07) is 5.70. The van der Waals surface area contributed by atoms with Crippen LogP contribution in [0.25, 0.3) is 0 Å². The molecule has 0 saturated carbocycles. The molecule has 1 rings (SSSR count). The summed E-state index contributed by atoms with van der Waals surface area (Å²) in [6.07, 6.45) is 2.84. The maximum atomic E-state index is 11.6. The molecule has 0 aliphatic heterocycles. The Kier molecular flexibility index (Phi) is 4.43. The van der Waals surface area contributed by atoms with Gasteiger partial charge in [-0.1, -0.05) is 6.07 Å². The SMILES string of the molecule is CC(C)(CN)NC(=O)CCc1ccccn1. The average Bonchev–Trinajstić information content (AvgIpc) is 2.27. The van der Waals surface area contributed by atoms with Gasteiger partial charge in [0.1, 0.15) is 0 Å². The molecular formula is C12H19N3O. The lowest BCUT2D eigenvalue weighted by molar-refractivity contribution is -0.122. The van der Waals surface area contributed by atoms with Crippen molar-refractivity contribution in [3.8, 4) is 0 Å². The smallest absolute Gasteiger partial charge is 0.220 e. The van der Waals surface area contributed by atoms with Gasteiger partial charge in [0, 0.05) is 30.4 Å². The zero-order chi connectivity index (χ0) is 12.0. The number of hydrogen-bond acceptors (Lipinski definition) is 3. The highest BCUT2D eigenvalue weighted by Gasteiger charge is 2.17. The van der Waals surface area contributed by atoms with Crippen molar-refractivity contribution in [3.63, 3.8) is 0 Å². The molecule has 0 fully saturated rings. The normalized spacial score (nSPS) is 11.2. The number of pyridine rings is 1. The Hall–Kier alpha value is -1.42. The Balaban J connectivity index is 2.36. The molecule has 1 aromatic heterocycles. The van der Waals surface area contributed by atoms with Gasteiger partial charge in [-0.05, 0) is 32.4 Å². The summed E-state index contributed by atoms with van der Waals surface area (Å²) in [5.41, 5.74) is 6.14. The first-order valence-corrected chi connectivity index (χ1v) is 5.44. The van der Waals surface area contributed by atoms with E-state index in [9.17, 15) is 4.79 Å². The summed E-state index contributed by atoms with van der Waals surface area (Å²) in [4.78, 5) is 15.8. The standard InChI is InChI=1S/C12H19N3O/c1-12(2,9-13)15-11(16)7-6-10-5-3-4-8-14-10/h3-5,8H,6-7,9,13H2,1-2H3,(H,15,16). The van der Waals surface area contributed by atoms with Crippen molar-refractivity contribution in [3.05, 3.63) is 30.1 Å². The molecule has 1 aromatic rings. The monoisotopic (exact) mass is 221 g/mol. The van der Waals surface area contributed by atoms with Gasteiger partial charge in [-0.15, -0.1) is 0 Å². The lowest BCUT2D eigenvalue weighted by Crippen LogP contribution is -2.48. The molecule has 0 radical (unpaired) electrons. The van der Waals surface area contributed by atoms with E-state index in [1.807, 2.05) is 32.0 Å². The van der Waals surface area contributed by atoms with Crippen molar-refractivity contribution in [2.24, 2.45) is 5.73 Å². The number of aryl methyl sites for hydroxylation is 1. The zero-order valence-electron chi connectivity index (χ0n) is 9.86. The fraction of sp³-hybridized carbons (Fsp3) is 0.500. The highest BCUT2D eigenvalue weighted by molar-refractivity contribution is 5.76. The summed E-state index contributed by atoms with van der Waals surface area (Å²) >= 11 is 0. The van der Waals surface area contributed by atoms with Crippen LogP contribution in [0.3, 0.4) is 0 Å². The van der Waals surface area contributed by atoms with Crippen molar-refractivity contribution >= 4 is 5.91 Å². The third-order valence-corrected chi connectivity index (χ3v) is 2.32. The molecule has 1 heterocycles. The molecule has 0 bridgehead atoms. The number of carbonyl (C=O) groups is 1. The van der Waals surface area contributed by atoms with Gasteiger partial charge in [0.05, 0.1) is 0 Å². The van der Waals surface area contributed by atoms with Gasteiger partial charge in [0.25, 0.3) is 0 Å². The van der Waals surface area contributed by atoms with Crippen molar-refractivity contribution in [1.29, 1.82) is 0 Å². The first kappa shape index (κ1) is 12.6. The molecule has 4 heteroatoms. The molecule has 0 spiro atoms. The number of hydrogen-bond donors (Lipinski definition) is 2. The lowest BCUT2D eigenvalue weighted by Gasteiger charge is -2.24. The molecule has 0 unspecified atom stereocenters. The van der Waals surface area contributed by atoms with Crippen LogP contribution in [0.5, 0.6) is 0 Å². The number of amides is 1. The van der Waals surface area contributed by atoms with E-state index in [4.69, 9.17) is 5.73 Å². The molecule has 88 valence electrons. The van der Waals surface area contributed by atoms with Crippen LogP contribution in [0.4, 0.5) is 0 Å². The first-order valence-electron chi connectivity index (χ1n) is 5.44. The van der Waals surface area contributed by atoms with Crippen LogP contribution in [-0.2, 0) is 11.2 Å². The molecule has 0 aliphatic rings. The van der Waals surface area contributed by atoms with Crippen LogP contribution < -0.4 is 11.1 Å². The molecule has 1 amide bonds. The Bertz CT molecular complexity index is 335. The maximum absolute atomic E-state index is 11.6. The van der Waals surface area contributed by atoms with Gasteiger partial charge in [-0.3, -0.25) is 9.78 Å². The van der Waals surface area contributed by atoms with Crippen molar-refractivity contribution < 1.29 is 4.79 Å². The van der Waals surface area contributed by atoms with Gasteiger partial charge >= 0.3 is 0 Å². The fourth-order valence-electron chi connectivity index (χ4n) is 1.28. The van der Waals surface area contributed by atoms with E-state index in [1.165, 1.54) is 0 Å². The Morgan fingerprint density at radius 3 is 2.81 bits per heavy atom.